The molecule has 1 unspecified atom stereocenters. The van der Waals surface area contributed by atoms with Crippen LogP contribution in [-0.2, 0) is 10.8 Å². The summed E-state index contributed by atoms with van der Waals surface area (Å²) < 4.78 is 10.9. The third kappa shape index (κ3) is 1.92. The topological polar surface area (TPSA) is 60.2 Å². The second-order valence-electron chi connectivity index (χ2n) is 2.34. The van der Waals surface area contributed by atoms with E-state index >= 15 is 0 Å². The van der Waals surface area contributed by atoms with Crippen LogP contribution >= 0.6 is 0 Å². The lowest BCUT2D eigenvalue weighted by atomic mass is 10.2. The Morgan fingerprint density at radius 2 is 1.83 bits per heavy atom. The van der Waals surface area contributed by atoms with Crippen molar-refractivity contribution in [3.05, 3.63) is 29.8 Å². The van der Waals surface area contributed by atoms with Crippen LogP contribution in [0.15, 0.2) is 29.2 Å². The maximum absolute atomic E-state index is 10.9. The lowest BCUT2D eigenvalue weighted by molar-refractivity contribution is 0.1000. The third-order valence-electron chi connectivity index (χ3n) is 1.47. The van der Waals surface area contributed by atoms with Gasteiger partial charge >= 0.3 is 0 Å². The molecule has 0 aliphatic rings. The highest BCUT2D eigenvalue weighted by atomic mass is 32.2. The first-order valence-electron chi connectivity index (χ1n) is 3.34. The fourth-order valence-electron chi connectivity index (χ4n) is 0.811. The van der Waals surface area contributed by atoms with Crippen LogP contribution in [0.1, 0.15) is 10.4 Å². The molecule has 0 heterocycles. The number of carbonyl (C=O) groups is 1. The molecular weight excluding hydrogens is 174 g/mol. The number of carbonyl (C=O) groups excluding carboxylic acids is 1. The molecule has 12 heavy (non-hydrogen) atoms. The number of hydrogen-bond acceptors (Lipinski definition) is 2. The number of benzene rings is 1. The summed E-state index contributed by atoms with van der Waals surface area (Å²) in [5.41, 5.74) is 5.46. The van der Waals surface area contributed by atoms with Crippen LogP contribution in [-0.4, -0.2) is 16.4 Å². The summed E-state index contributed by atoms with van der Waals surface area (Å²) in [6.07, 6.45) is 1.58. The van der Waals surface area contributed by atoms with Crippen molar-refractivity contribution in [2.75, 3.05) is 6.26 Å². The molecular formula is C8H9NO2S. The van der Waals surface area contributed by atoms with Crippen molar-refractivity contribution in [1.82, 2.24) is 0 Å². The summed E-state index contributed by atoms with van der Waals surface area (Å²) in [4.78, 5) is 11.3. The van der Waals surface area contributed by atoms with E-state index in [0.29, 0.717) is 10.5 Å². The number of amides is 1. The quantitative estimate of drug-likeness (QED) is 0.726. The SMILES string of the molecule is CS(=O)c1ccc(C(N)=O)cc1. The molecule has 0 radical (unpaired) electrons. The van der Waals surface area contributed by atoms with Crippen LogP contribution < -0.4 is 5.73 Å². The van der Waals surface area contributed by atoms with Crippen LogP contribution in [0.4, 0.5) is 0 Å². The maximum Gasteiger partial charge on any atom is 0.248 e. The molecule has 0 aliphatic carbocycles. The molecule has 1 aromatic rings. The van der Waals surface area contributed by atoms with E-state index in [1.807, 2.05) is 0 Å². The van der Waals surface area contributed by atoms with Gasteiger partial charge in [0.1, 0.15) is 0 Å². The number of hydrogen-bond donors (Lipinski definition) is 1. The van der Waals surface area contributed by atoms with Gasteiger partial charge in [0, 0.05) is 27.5 Å². The first-order valence-corrected chi connectivity index (χ1v) is 4.90. The van der Waals surface area contributed by atoms with Crippen molar-refractivity contribution in [3.63, 3.8) is 0 Å². The Morgan fingerprint density at radius 1 is 1.33 bits per heavy atom. The van der Waals surface area contributed by atoms with Crippen LogP contribution in [0.2, 0.25) is 0 Å². The first-order chi connectivity index (χ1) is 5.61. The smallest absolute Gasteiger partial charge is 0.248 e. The highest BCUT2D eigenvalue weighted by Crippen LogP contribution is 2.06. The average Bonchev–Trinajstić information content (AvgIpc) is 2.04. The fourth-order valence-corrected chi connectivity index (χ4v) is 1.33. The molecule has 1 aromatic carbocycles. The Bertz CT molecular complexity index is 285. The zero-order chi connectivity index (χ0) is 9.14. The fraction of sp³-hybridized carbons (Fsp3) is 0.125. The molecule has 0 saturated heterocycles. The highest BCUT2D eigenvalue weighted by Gasteiger charge is 2.00. The van der Waals surface area contributed by atoms with Gasteiger partial charge in [-0.25, -0.2) is 0 Å². The van der Waals surface area contributed by atoms with Gasteiger partial charge in [-0.15, -0.1) is 0 Å². The van der Waals surface area contributed by atoms with Gasteiger partial charge in [0.2, 0.25) is 5.91 Å². The van der Waals surface area contributed by atoms with Gasteiger partial charge in [-0.3, -0.25) is 9.00 Å². The molecule has 0 saturated carbocycles. The normalized spacial score (nSPS) is 12.4. The standard InChI is InChI=1S/C8H9NO2S/c1-12(11)7-4-2-6(3-5-7)8(9)10/h2-5H,1H3,(H2,9,10). The molecule has 64 valence electrons. The largest absolute Gasteiger partial charge is 0.366 e. The van der Waals surface area contributed by atoms with Gasteiger partial charge in [0.15, 0.2) is 0 Å². The lowest BCUT2D eigenvalue weighted by Gasteiger charge is -1.97. The third-order valence-corrected chi connectivity index (χ3v) is 2.41. The van der Waals surface area contributed by atoms with Crippen molar-refractivity contribution in [2.45, 2.75) is 4.90 Å². The predicted octanol–water partition coefficient (Wildman–Crippen LogP) is 0.523. The van der Waals surface area contributed by atoms with Crippen molar-refractivity contribution >= 4 is 16.7 Å². The minimum atomic E-state index is -1.00. The Kier molecular flexibility index (Phi) is 2.60. The van der Waals surface area contributed by atoms with E-state index in [-0.39, 0.29) is 0 Å². The van der Waals surface area contributed by atoms with E-state index in [1.165, 1.54) is 0 Å². The summed E-state index contributed by atoms with van der Waals surface area (Å²) in [5.74, 6) is -0.469. The Hall–Kier alpha value is -1.16. The molecule has 1 amide bonds. The maximum atomic E-state index is 10.9. The molecule has 4 heteroatoms. The number of nitrogens with two attached hydrogens (primary N) is 1. The Morgan fingerprint density at radius 3 is 2.17 bits per heavy atom. The molecule has 1 atom stereocenters. The summed E-state index contributed by atoms with van der Waals surface area (Å²) in [6, 6.07) is 6.41. The van der Waals surface area contributed by atoms with Crippen molar-refractivity contribution < 1.29 is 9.00 Å². The molecule has 0 spiro atoms. The van der Waals surface area contributed by atoms with Crippen LogP contribution in [0.3, 0.4) is 0 Å². The van der Waals surface area contributed by atoms with Crippen molar-refractivity contribution in [1.29, 1.82) is 0 Å². The minimum absolute atomic E-state index is 0.434. The van der Waals surface area contributed by atoms with E-state index in [4.69, 9.17) is 5.73 Å². The van der Waals surface area contributed by atoms with Gasteiger partial charge in [-0.1, -0.05) is 0 Å². The lowest BCUT2D eigenvalue weighted by Crippen LogP contribution is -2.10. The zero-order valence-corrected chi connectivity index (χ0v) is 7.43. The van der Waals surface area contributed by atoms with E-state index in [9.17, 15) is 9.00 Å². The van der Waals surface area contributed by atoms with E-state index in [2.05, 4.69) is 0 Å². The van der Waals surface area contributed by atoms with Gasteiger partial charge in [-0.2, -0.15) is 0 Å². The number of rotatable bonds is 2. The van der Waals surface area contributed by atoms with Gasteiger partial charge in [0.25, 0.3) is 0 Å². The Labute approximate surface area is 73.0 Å². The molecule has 0 bridgehead atoms. The predicted molar refractivity (Wildman–Crippen MR) is 47.3 cm³/mol. The van der Waals surface area contributed by atoms with Crippen LogP contribution in [0, 0.1) is 0 Å². The highest BCUT2D eigenvalue weighted by molar-refractivity contribution is 7.84. The average molecular weight is 183 g/mol. The van der Waals surface area contributed by atoms with Crippen LogP contribution in [0.25, 0.3) is 0 Å². The van der Waals surface area contributed by atoms with E-state index in [1.54, 1.807) is 30.5 Å². The first kappa shape index (κ1) is 8.93. The van der Waals surface area contributed by atoms with Crippen molar-refractivity contribution in [3.8, 4) is 0 Å². The monoisotopic (exact) mass is 183 g/mol. The molecule has 2 N–H and O–H groups in total. The Balaban J connectivity index is 3.01. The van der Waals surface area contributed by atoms with Gasteiger partial charge < -0.3 is 5.73 Å². The number of primary amides is 1. The van der Waals surface area contributed by atoms with E-state index in [0.717, 1.165) is 0 Å². The van der Waals surface area contributed by atoms with Crippen molar-refractivity contribution in [2.24, 2.45) is 5.73 Å². The molecule has 0 fully saturated rings. The second kappa shape index (κ2) is 3.49. The second-order valence-corrected chi connectivity index (χ2v) is 3.72. The van der Waals surface area contributed by atoms with Crippen LogP contribution in [0.5, 0.6) is 0 Å². The summed E-state index contributed by atoms with van der Waals surface area (Å²) in [7, 11) is -1.00. The summed E-state index contributed by atoms with van der Waals surface area (Å²) in [6.45, 7) is 0. The molecule has 3 nitrogen and oxygen atoms in total. The molecule has 1 rings (SSSR count). The summed E-state index contributed by atoms with van der Waals surface area (Å²) in [5, 5.41) is 0. The van der Waals surface area contributed by atoms with Gasteiger partial charge in [0.05, 0.1) is 0 Å². The van der Waals surface area contributed by atoms with Gasteiger partial charge in [-0.05, 0) is 24.3 Å². The minimum Gasteiger partial charge on any atom is -0.366 e. The summed E-state index contributed by atoms with van der Waals surface area (Å²) >= 11 is 0. The van der Waals surface area contributed by atoms with E-state index < -0.39 is 16.7 Å². The zero-order valence-electron chi connectivity index (χ0n) is 6.61. The molecule has 0 aromatic heterocycles. The molecule has 0 aliphatic heterocycles.